The Morgan fingerprint density at radius 3 is 1.50 bits per heavy atom. The minimum absolute atomic E-state index is 0.363. The maximum Gasteiger partial charge on any atom is 0.139 e. The van der Waals surface area contributed by atoms with Crippen LogP contribution in [0.4, 0.5) is 0 Å². The molecular formula is C20H35NO. The van der Waals surface area contributed by atoms with E-state index >= 15 is 0 Å². The van der Waals surface area contributed by atoms with E-state index in [1.54, 1.807) is 0 Å². The number of hydrogen-bond acceptors (Lipinski definition) is 2. The van der Waals surface area contributed by atoms with Crippen molar-refractivity contribution in [2.45, 2.75) is 108 Å². The molecule has 1 N–H and O–H groups in total. The predicted molar refractivity (Wildman–Crippen MR) is 92.0 cm³/mol. The van der Waals surface area contributed by atoms with Crippen LogP contribution in [-0.2, 0) is 4.79 Å². The van der Waals surface area contributed by atoms with Crippen molar-refractivity contribution in [2.75, 3.05) is 0 Å². The normalized spacial score (nSPS) is 38.8. The van der Waals surface area contributed by atoms with Crippen molar-refractivity contribution in [3.05, 3.63) is 0 Å². The number of fused-ring (bicyclic) bond motifs is 4. The van der Waals surface area contributed by atoms with Crippen molar-refractivity contribution in [1.82, 2.24) is 5.32 Å². The Morgan fingerprint density at radius 1 is 0.591 bits per heavy atom. The average molecular weight is 306 g/mol. The lowest BCUT2D eigenvalue weighted by Gasteiger charge is -2.35. The van der Waals surface area contributed by atoms with Gasteiger partial charge >= 0.3 is 0 Å². The Labute approximate surface area is 136 Å². The lowest BCUT2D eigenvalue weighted by atomic mass is 9.77. The van der Waals surface area contributed by atoms with E-state index in [0.717, 1.165) is 25.7 Å². The van der Waals surface area contributed by atoms with E-state index in [2.05, 4.69) is 5.32 Å². The summed E-state index contributed by atoms with van der Waals surface area (Å²) in [6.45, 7) is 0. The van der Waals surface area contributed by atoms with Gasteiger partial charge in [-0.25, -0.2) is 0 Å². The third-order valence-electron chi connectivity index (χ3n) is 6.37. The summed E-state index contributed by atoms with van der Waals surface area (Å²) in [4.78, 5) is 13.1. The minimum Gasteiger partial charge on any atom is -0.311 e. The lowest BCUT2D eigenvalue weighted by Crippen LogP contribution is -2.45. The third-order valence-corrected chi connectivity index (χ3v) is 6.37. The summed E-state index contributed by atoms with van der Waals surface area (Å²) in [5.41, 5.74) is 0. The standard InChI is InChI=1S/C20H35NO/c22-20-16-10-6-2-1-3-8-12-18(14-16)21-19-13-9-5-4-7-11-17(20)15-19/h16-19,21H,1-15H2. The molecule has 2 heteroatoms. The molecule has 0 aromatic rings. The molecule has 0 amide bonds. The first-order valence-electron chi connectivity index (χ1n) is 10.1. The second-order valence-corrected chi connectivity index (χ2v) is 8.16. The van der Waals surface area contributed by atoms with Gasteiger partial charge in [-0.1, -0.05) is 57.8 Å². The fraction of sp³-hybridized carbons (Fsp3) is 0.950. The van der Waals surface area contributed by atoms with E-state index in [9.17, 15) is 4.79 Å². The van der Waals surface area contributed by atoms with Gasteiger partial charge in [0.1, 0.15) is 5.78 Å². The Bertz CT molecular complexity index is 354. The molecule has 1 saturated heterocycles. The molecule has 2 saturated carbocycles. The van der Waals surface area contributed by atoms with Crippen LogP contribution in [0.2, 0.25) is 0 Å². The molecule has 2 aliphatic carbocycles. The van der Waals surface area contributed by atoms with E-state index in [1.165, 1.54) is 70.6 Å². The van der Waals surface area contributed by atoms with Crippen LogP contribution in [0.1, 0.15) is 96.3 Å². The summed E-state index contributed by atoms with van der Waals surface area (Å²) in [5, 5.41) is 4.00. The van der Waals surface area contributed by atoms with E-state index in [-0.39, 0.29) is 0 Å². The summed E-state index contributed by atoms with van der Waals surface area (Å²) < 4.78 is 0. The molecule has 3 aliphatic rings. The highest BCUT2D eigenvalue weighted by Gasteiger charge is 2.34. The molecule has 4 unspecified atom stereocenters. The Kier molecular flexibility index (Phi) is 6.35. The molecule has 4 atom stereocenters. The van der Waals surface area contributed by atoms with Crippen LogP contribution in [0.3, 0.4) is 0 Å². The predicted octanol–water partition coefficient (Wildman–Crippen LogP) is 5.01. The largest absolute Gasteiger partial charge is 0.311 e. The van der Waals surface area contributed by atoms with Crippen LogP contribution in [0, 0.1) is 11.8 Å². The second kappa shape index (κ2) is 8.47. The van der Waals surface area contributed by atoms with Gasteiger partial charge in [0.15, 0.2) is 0 Å². The molecule has 0 aromatic carbocycles. The Morgan fingerprint density at radius 2 is 1.00 bits per heavy atom. The summed E-state index contributed by atoms with van der Waals surface area (Å²) >= 11 is 0. The maximum atomic E-state index is 13.1. The first kappa shape index (κ1) is 16.5. The zero-order chi connectivity index (χ0) is 15.2. The summed E-state index contributed by atoms with van der Waals surface area (Å²) in [6.07, 6.45) is 19.3. The molecule has 0 spiro atoms. The van der Waals surface area contributed by atoms with Crippen molar-refractivity contribution in [2.24, 2.45) is 11.8 Å². The Balaban J connectivity index is 1.75. The topological polar surface area (TPSA) is 29.1 Å². The van der Waals surface area contributed by atoms with E-state index in [0.29, 0.717) is 29.7 Å². The van der Waals surface area contributed by atoms with Gasteiger partial charge in [0.2, 0.25) is 0 Å². The van der Waals surface area contributed by atoms with Crippen molar-refractivity contribution >= 4 is 5.78 Å². The van der Waals surface area contributed by atoms with Gasteiger partial charge in [0.25, 0.3) is 0 Å². The average Bonchev–Trinajstić information content (AvgIpc) is 2.64. The van der Waals surface area contributed by atoms with Crippen LogP contribution in [0.5, 0.6) is 0 Å². The third kappa shape index (κ3) is 4.57. The lowest BCUT2D eigenvalue weighted by molar-refractivity contribution is -0.129. The zero-order valence-electron chi connectivity index (χ0n) is 14.3. The Hall–Kier alpha value is -0.370. The smallest absolute Gasteiger partial charge is 0.139 e. The van der Waals surface area contributed by atoms with Crippen molar-refractivity contribution in [3.63, 3.8) is 0 Å². The second-order valence-electron chi connectivity index (χ2n) is 8.16. The van der Waals surface area contributed by atoms with E-state index in [4.69, 9.17) is 0 Å². The van der Waals surface area contributed by atoms with Crippen LogP contribution >= 0.6 is 0 Å². The van der Waals surface area contributed by atoms with Gasteiger partial charge in [0, 0.05) is 23.9 Å². The van der Waals surface area contributed by atoms with Crippen LogP contribution < -0.4 is 5.32 Å². The first-order valence-corrected chi connectivity index (χ1v) is 10.1. The first-order chi connectivity index (χ1) is 10.8. The van der Waals surface area contributed by atoms with Gasteiger partial charge in [0.05, 0.1) is 0 Å². The van der Waals surface area contributed by atoms with Crippen molar-refractivity contribution in [3.8, 4) is 0 Å². The highest BCUT2D eigenvalue weighted by atomic mass is 16.1. The molecule has 22 heavy (non-hydrogen) atoms. The molecule has 4 bridgehead atoms. The number of Topliss-reactive ketones (excluding diaryl/α,β-unsaturated/α-hetero) is 1. The number of rotatable bonds is 0. The summed E-state index contributed by atoms with van der Waals surface area (Å²) in [7, 11) is 0. The van der Waals surface area contributed by atoms with Gasteiger partial charge in [-0.3, -0.25) is 4.79 Å². The fourth-order valence-corrected chi connectivity index (χ4v) is 5.09. The summed E-state index contributed by atoms with van der Waals surface area (Å²) in [6, 6.07) is 1.22. The maximum absolute atomic E-state index is 13.1. The van der Waals surface area contributed by atoms with Crippen LogP contribution in [0.25, 0.3) is 0 Å². The van der Waals surface area contributed by atoms with Gasteiger partial charge < -0.3 is 5.32 Å². The van der Waals surface area contributed by atoms with Gasteiger partial charge in [-0.05, 0) is 38.5 Å². The van der Waals surface area contributed by atoms with Crippen LogP contribution in [0.15, 0.2) is 0 Å². The molecule has 3 rings (SSSR count). The molecule has 0 aromatic heterocycles. The quantitative estimate of drug-likeness (QED) is 0.682. The molecular weight excluding hydrogens is 270 g/mol. The SMILES string of the molecule is O=C1C2CCCCCCCC(C2)NC2CCCCCCC1C2. The van der Waals surface area contributed by atoms with Crippen LogP contribution in [-0.4, -0.2) is 17.9 Å². The number of ketones is 1. The number of hydrogen-bond donors (Lipinski definition) is 1. The van der Waals surface area contributed by atoms with Crippen molar-refractivity contribution < 1.29 is 4.79 Å². The summed E-state index contributed by atoms with van der Waals surface area (Å²) in [5.74, 6) is 1.38. The van der Waals surface area contributed by atoms with Crippen molar-refractivity contribution in [1.29, 1.82) is 0 Å². The monoisotopic (exact) mass is 305 g/mol. The fourth-order valence-electron chi connectivity index (χ4n) is 5.09. The number of nitrogens with one attached hydrogen (secondary N) is 1. The zero-order valence-corrected chi connectivity index (χ0v) is 14.3. The van der Waals surface area contributed by atoms with Gasteiger partial charge in [-0.15, -0.1) is 0 Å². The number of carbonyl (C=O) groups is 1. The highest BCUT2D eigenvalue weighted by Crippen LogP contribution is 2.33. The molecule has 1 aliphatic heterocycles. The van der Waals surface area contributed by atoms with E-state index in [1.807, 2.05) is 0 Å². The number of carbonyl (C=O) groups excluding carboxylic acids is 1. The molecule has 3 fully saturated rings. The minimum atomic E-state index is 0.363. The molecule has 2 nitrogen and oxygen atoms in total. The molecule has 0 radical (unpaired) electrons. The van der Waals surface area contributed by atoms with E-state index < -0.39 is 0 Å². The molecule has 1 heterocycles. The highest BCUT2D eigenvalue weighted by molar-refractivity contribution is 5.83. The van der Waals surface area contributed by atoms with Gasteiger partial charge in [-0.2, -0.15) is 0 Å². The molecule has 126 valence electrons.